The van der Waals surface area contributed by atoms with Crippen molar-refractivity contribution in [2.45, 2.75) is 6.04 Å². The summed E-state index contributed by atoms with van der Waals surface area (Å²) in [6.45, 7) is 3.25. The summed E-state index contributed by atoms with van der Waals surface area (Å²) in [6.07, 6.45) is 3.45. The van der Waals surface area contributed by atoms with E-state index < -0.39 is 6.04 Å². The lowest BCUT2D eigenvalue weighted by Crippen LogP contribution is -2.51. The van der Waals surface area contributed by atoms with Crippen molar-refractivity contribution in [2.24, 2.45) is 0 Å². The number of likely N-dealkylation sites (N-methyl/N-ethyl adjacent to an activating group) is 1. The minimum atomic E-state index is -0.692. The zero-order chi connectivity index (χ0) is 19.1. The van der Waals surface area contributed by atoms with E-state index in [2.05, 4.69) is 30.4 Å². The summed E-state index contributed by atoms with van der Waals surface area (Å²) in [4.78, 5) is 37.4. The van der Waals surface area contributed by atoms with Gasteiger partial charge in [0.25, 0.3) is 0 Å². The van der Waals surface area contributed by atoms with Crippen molar-refractivity contribution in [3.05, 3.63) is 54.4 Å². The highest BCUT2D eigenvalue weighted by Gasteiger charge is 2.24. The van der Waals surface area contributed by atoms with E-state index in [0.29, 0.717) is 5.95 Å². The molecule has 1 atom stereocenters. The fourth-order valence-corrected chi connectivity index (χ4v) is 3.06. The summed E-state index contributed by atoms with van der Waals surface area (Å²) in [7, 11) is 1.56. The summed E-state index contributed by atoms with van der Waals surface area (Å²) < 4.78 is 0. The molecule has 1 aromatic heterocycles. The molecule has 0 saturated carbocycles. The van der Waals surface area contributed by atoms with Gasteiger partial charge in [0, 0.05) is 45.6 Å². The Labute approximate surface area is 158 Å². The van der Waals surface area contributed by atoms with E-state index >= 15 is 0 Å². The molecule has 8 nitrogen and oxygen atoms in total. The summed E-state index contributed by atoms with van der Waals surface area (Å²) in [6, 6.07) is 10.3. The number of hydrogen-bond acceptors (Lipinski definition) is 6. The number of amides is 2. The number of anilines is 1. The smallest absolute Gasteiger partial charge is 0.246 e. The number of hydrogen-bond donors (Lipinski definition) is 2. The van der Waals surface area contributed by atoms with E-state index in [4.69, 9.17) is 0 Å². The van der Waals surface area contributed by atoms with Crippen LogP contribution in [0.5, 0.6) is 0 Å². The molecule has 1 aliphatic rings. The first-order valence-electron chi connectivity index (χ1n) is 8.97. The van der Waals surface area contributed by atoms with Crippen LogP contribution in [0.1, 0.15) is 11.6 Å². The van der Waals surface area contributed by atoms with Crippen LogP contribution in [0.2, 0.25) is 0 Å². The largest absolute Gasteiger partial charge is 0.357 e. The van der Waals surface area contributed by atoms with Crippen molar-refractivity contribution in [3.63, 3.8) is 0 Å². The molecule has 1 saturated heterocycles. The van der Waals surface area contributed by atoms with E-state index in [1.165, 1.54) is 0 Å². The summed E-state index contributed by atoms with van der Waals surface area (Å²) >= 11 is 0. The molecule has 3 rings (SSSR count). The standard InChI is InChI=1S/C19H24N6O2/c1-20-18(27)17(15-6-3-2-4-7-15)23-16(26)14-24-10-12-25(13-11-24)19-21-8-5-9-22-19/h2-9,17H,10-14H2,1H3,(H,20,27)(H,23,26). The molecular weight excluding hydrogens is 344 g/mol. The fourth-order valence-electron chi connectivity index (χ4n) is 3.06. The van der Waals surface area contributed by atoms with Crippen molar-refractivity contribution in [1.29, 1.82) is 0 Å². The van der Waals surface area contributed by atoms with Gasteiger partial charge in [0.1, 0.15) is 6.04 Å². The lowest BCUT2D eigenvalue weighted by Gasteiger charge is -2.34. The summed E-state index contributed by atoms with van der Waals surface area (Å²) in [5, 5.41) is 5.45. The molecule has 1 unspecified atom stereocenters. The monoisotopic (exact) mass is 368 g/mol. The molecule has 8 heteroatoms. The van der Waals surface area contributed by atoms with Gasteiger partial charge in [0.2, 0.25) is 17.8 Å². The molecular formula is C19H24N6O2. The first kappa shape index (κ1) is 18.8. The SMILES string of the molecule is CNC(=O)C(NC(=O)CN1CCN(c2ncccn2)CC1)c1ccccc1. The zero-order valence-corrected chi connectivity index (χ0v) is 15.3. The first-order valence-corrected chi connectivity index (χ1v) is 8.97. The molecule has 0 aliphatic carbocycles. The summed E-state index contributed by atoms with van der Waals surface area (Å²) in [5.41, 5.74) is 0.760. The number of rotatable bonds is 6. The van der Waals surface area contributed by atoms with Crippen LogP contribution >= 0.6 is 0 Å². The van der Waals surface area contributed by atoms with Gasteiger partial charge in [-0.2, -0.15) is 0 Å². The van der Waals surface area contributed by atoms with Gasteiger partial charge in [-0.15, -0.1) is 0 Å². The van der Waals surface area contributed by atoms with Gasteiger partial charge in [-0.1, -0.05) is 30.3 Å². The second kappa shape index (κ2) is 9.09. The lowest BCUT2D eigenvalue weighted by atomic mass is 10.1. The number of aromatic nitrogens is 2. The van der Waals surface area contributed by atoms with Crippen molar-refractivity contribution < 1.29 is 9.59 Å². The van der Waals surface area contributed by atoms with Crippen molar-refractivity contribution in [1.82, 2.24) is 25.5 Å². The van der Waals surface area contributed by atoms with E-state index in [1.54, 1.807) is 25.5 Å². The van der Waals surface area contributed by atoms with E-state index in [1.807, 2.05) is 30.3 Å². The number of nitrogens with one attached hydrogen (secondary N) is 2. The van der Waals surface area contributed by atoms with Crippen LogP contribution in [0.4, 0.5) is 5.95 Å². The molecule has 2 amide bonds. The number of benzene rings is 1. The maximum absolute atomic E-state index is 12.5. The third-order valence-electron chi connectivity index (χ3n) is 4.52. The average molecular weight is 368 g/mol. The Balaban J connectivity index is 1.53. The van der Waals surface area contributed by atoms with Gasteiger partial charge in [-0.3, -0.25) is 14.5 Å². The Morgan fingerprint density at radius 2 is 1.70 bits per heavy atom. The van der Waals surface area contributed by atoms with Crippen LogP contribution in [-0.2, 0) is 9.59 Å². The Morgan fingerprint density at radius 1 is 1.04 bits per heavy atom. The van der Waals surface area contributed by atoms with Crippen LogP contribution in [0.15, 0.2) is 48.8 Å². The molecule has 1 aromatic carbocycles. The van der Waals surface area contributed by atoms with Crippen molar-refractivity contribution in [3.8, 4) is 0 Å². The average Bonchev–Trinajstić information content (AvgIpc) is 2.73. The molecule has 142 valence electrons. The topological polar surface area (TPSA) is 90.5 Å². The molecule has 1 fully saturated rings. The van der Waals surface area contributed by atoms with Gasteiger partial charge in [0.15, 0.2) is 0 Å². The molecule has 0 radical (unpaired) electrons. The Bertz CT molecular complexity index is 747. The molecule has 2 heterocycles. The Kier molecular flexibility index (Phi) is 6.32. The highest BCUT2D eigenvalue weighted by molar-refractivity contribution is 5.89. The number of carbonyl (C=O) groups excluding carboxylic acids is 2. The van der Waals surface area contributed by atoms with Crippen molar-refractivity contribution in [2.75, 3.05) is 44.7 Å². The van der Waals surface area contributed by atoms with E-state index in [0.717, 1.165) is 31.7 Å². The highest BCUT2D eigenvalue weighted by atomic mass is 16.2. The summed E-state index contributed by atoms with van der Waals surface area (Å²) in [5.74, 6) is 0.308. The minimum absolute atomic E-state index is 0.170. The van der Waals surface area contributed by atoms with Gasteiger partial charge >= 0.3 is 0 Å². The second-order valence-corrected chi connectivity index (χ2v) is 6.34. The second-order valence-electron chi connectivity index (χ2n) is 6.34. The van der Waals surface area contributed by atoms with Crippen molar-refractivity contribution >= 4 is 17.8 Å². The third kappa shape index (κ3) is 5.01. The van der Waals surface area contributed by atoms with Crippen LogP contribution in [0.3, 0.4) is 0 Å². The normalized spacial score (nSPS) is 15.8. The fraction of sp³-hybridized carbons (Fsp3) is 0.368. The minimum Gasteiger partial charge on any atom is -0.357 e. The molecule has 0 bridgehead atoms. The number of nitrogens with zero attached hydrogens (tertiary/aromatic N) is 4. The van der Waals surface area contributed by atoms with Gasteiger partial charge < -0.3 is 15.5 Å². The van der Waals surface area contributed by atoms with Crippen LogP contribution in [0.25, 0.3) is 0 Å². The lowest BCUT2D eigenvalue weighted by molar-refractivity contribution is -0.129. The number of piperazine rings is 1. The maximum atomic E-state index is 12.5. The quantitative estimate of drug-likeness (QED) is 0.757. The molecule has 0 spiro atoms. The molecule has 27 heavy (non-hydrogen) atoms. The predicted molar refractivity (Wildman–Crippen MR) is 102 cm³/mol. The Hall–Kier alpha value is -3.00. The van der Waals surface area contributed by atoms with Gasteiger partial charge in [-0.05, 0) is 11.6 Å². The van der Waals surface area contributed by atoms with E-state index in [9.17, 15) is 9.59 Å². The highest BCUT2D eigenvalue weighted by Crippen LogP contribution is 2.13. The third-order valence-corrected chi connectivity index (χ3v) is 4.52. The molecule has 1 aliphatic heterocycles. The predicted octanol–water partition coefficient (Wildman–Crippen LogP) is 0.202. The van der Waals surface area contributed by atoms with E-state index in [-0.39, 0.29) is 18.4 Å². The van der Waals surface area contributed by atoms with Gasteiger partial charge in [-0.25, -0.2) is 9.97 Å². The zero-order valence-electron chi connectivity index (χ0n) is 15.3. The first-order chi connectivity index (χ1) is 13.2. The van der Waals surface area contributed by atoms with Crippen LogP contribution < -0.4 is 15.5 Å². The molecule has 2 aromatic rings. The van der Waals surface area contributed by atoms with Gasteiger partial charge in [0.05, 0.1) is 6.54 Å². The van der Waals surface area contributed by atoms with Crippen LogP contribution in [-0.4, -0.2) is 66.5 Å². The maximum Gasteiger partial charge on any atom is 0.246 e. The Morgan fingerprint density at radius 3 is 2.33 bits per heavy atom. The number of carbonyl (C=O) groups is 2. The molecule has 2 N–H and O–H groups in total. The van der Waals surface area contributed by atoms with Crippen LogP contribution in [0, 0.1) is 0 Å².